The molecule has 6 heteroatoms. The number of hydrogen-bond donors (Lipinski definition) is 3. The van der Waals surface area contributed by atoms with Gasteiger partial charge >= 0.3 is 5.97 Å². The van der Waals surface area contributed by atoms with Crippen LogP contribution >= 0.6 is 0 Å². The second-order valence-electron chi connectivity index (χ2n) is 5.08. The van der Waals surface area contributed by atoms with Crippen molar-refractivity contribution in [2.75, 3.05) is 0 Å². The zero-order chi connectivity index (χ0) is 16.8. The first kappa shape index (κ1) is 16.6. The van der Waals surface area contributed by atoms with Crippen molar-refractivity contribution in [1.82, 2.24) is 5.32 Å². The summed E-state index contributed by atoms with van der Waals surface area (Å²) in [6, 6.07) is 12.2. The van der Waals surface area contributed by atoms with E-state index in [0.29, 0.717) is 5.56 Å². The van der Waals surface area contributed by atoms with Crippen LogP contribution in [-0.4, -0.2) is 23.0 Å². The number of nitrogens with one attached hydrogen (secondary N) is 1. The molecule has 0 aliphatic heterocycles. The van der Waals surface area contributed by atoms with Crippen molar-refractivity contribution >= 4 is 11.9 Å². The van der Waals surface area contributed by atoms with Crippen LogP contribution in [0.3, 0.4) is 0 Å². The fourth-order valence-corrected chi connectivity index (χ4v) is 2.16. The SMILES string of the molecule is NC(C(=O)NC(Cc1ccccc1F)C(=O)O)c1ccccc1. The average molecular weight is 316 g/mol. The number of carboxylic acid groups (broad SMARTS) is 1. The molecule has 0 bridgehead atoms. The third-order valence-electron chi connectivity index (χ3n) is 3.44. The Kier molecular flexibility index (Phi) is 5.43. The topological polar surface area (TPSA) is 92.4 Å². The largest absolute Gasteiger partial charge is 0.480 e. The van der Waals surface area contributed by atoms with Crippen molar-refractivity contribution in [3.8, 4) is 0 Å². The second kappa shape index (κ2) is 7.51. The van der Waals surface area contributed by atoms with E-state index in [1.165, 1.54) is 18.2 Å². The highest BCUT2D eigenvalue weighted by Crippen LogP contribution is 2.12. The van der Waals surface area contributed by atoms with Crippen LogP contribution in [0.4, 0.5) is 4.39 Å². The van der Waals surface area contributed by atoms with E-state index < -0.39 is 29.8 Å². The van der Waals surface area contributed by atoms with Crippen LogP contribution in [-0.2, 0) is 16.0 Å². The fourth-order valence-electron chi connectivity index (χ4n) is 2.16. The number of carbonyl (C=O) groups excluding carboxylic acids is 1. The molecule has 0 heterocycles. The normalized spacial score (nSPS) is 13.1. The zero-order valence-electron chi connectivity index (χ0n) is 12.3. The molecule has 2 rings (SSSR count). The Morgan fingerprint density at radius 1 is 1.09 bits per heavy atom. The van der Waals surface area contributed by atoms with E-state index in [2.05, 4.69) is 5.32 Å². The molecule has 4 N–H and O–H groups in total. The molecule has 2 aromatic rings. The van der Waals surface area contributed by atoms with Gasteiger partial charge in [0.1, 0.15) is 17.9 Å². The molecule has 2 aromatic carbocycles. The first-order valence-corrected chi connectivity index (χ1v) is 7.06. The van der Waals surface area contributed by atoms with Crippen LogP contribution in [0.2, 0.25) is 0 Å². The molecule has 0 aromatic heterocycles. The highest BCUT2D eigenvalue weighted by Gasteiger charge is 2.25. The molecule has 2 atom stereocenters. The molecule has 0 aliphatic rings. The molecule has 120 valence electrons. The van der Waals surface area contributed by atoms with Gasteiger partial charge in [0.15, 0.2) is 0 Å². The molecule has 0 saturated carbocycles. The minimum absolute atomic E-state index is 0.157. The Balaban J connectivity index is 2.09. The molecular weight excluding hydrogens is 299 g/mol. The summed E-state index contributed by atoms with van der Waals surface area (Å²) < 4.78 is 13.6. The number of amides is 1. The third kappa shape index (κ3) is 4.37. The molecule has 0 spiro atoms. The van der Waals surface area contributed by atoms with Crippen molar-refractivity contribution in [2.45, 2.75) is 18.5 Å². The molecule has 0 fully saturated rings. The van der Waals surface area contributed by atoms with E-state index in [-0.39, 0.29) is 12.0 Å². The number of hydrogen-bond acceptors (Lipinski definition) is 3. The monoisotopic (exact) mass is 316 g/mol. The smallest absolute Gasteiger partial charge is 0.326 e. The van der Waals surface area contributed by atoms with Gasteiger partial charge in [-0.2, -0.15) is 0 Å². The average Bonchev–Trinajstić information content (AvgIpc) is 2.56. The van der Waals surface area contributed by atoms with Gasteiger partial charge in [0.2, 0.25) is 5.91 Å². The van der Waals surface area contributed by atoms with Gasteiger partial charge in [0.25, 0.3) is 0 Å². The van der Waals surface area contributed by atoms with E-state index in [0.717, 1.165) is 0 Å². The van der Waals surface area contributed by atoms with Crippen LogP contribution in [0.15, 0.2) is 54.6 Å². The summed E-state index contributed by atoms with van der Waals surface area (Å²) in [6.45, 7) is 0. The maximum atomic E-state index is 13.6. The Bertz CT molecular complexity index is 691. The molecule has 23 heavy (non-hydrogen) atoms. The number of nitrogens with two attached hydrogens (primary N) is 1. The van der Waals surface area contributed by atoms with E-state index in [4.69, 9.17) is 5.73 Å². The van der Waals surface area contributed by atoms with Crippen molar-refractivity contribution in [2.24, 2.45) is 5.73 Å². The molecule has 0 saturated heterocycles. The van der Waals surface area contributed by atoms with Gasteiger partial charge in [-0.3, -0.25) is 4.79 Å². The first-order chi connectivity index (χ1) is 11.0. The predicted molar refractivity (Wildman–Crippen MR) is 83.0 cm³/mol. The van der Waals surface area contributed by atoms with E-state index in [1.807, 2.05) is 0 Å². The van der Waals surface area contributed by atoms with Crippen molar-refractivity contribution in [1.29, 1.82) is 0 Å². The van der Waals surface area contributed by atoms with Gasteiger partial charge in [-0.25, -0.2) is 9.18 Å². The zero-order valence-corrected chi connectivity index (χ0v) is 12.3. The molecule has 1 amide bonds. The number of carboxylic acids is 1. The molecule has 5 nitrogen and oxygen atoms in total. The quantitative estimate of drug-likeness (QED) is 0.755. The minimum Gasteiger partial charge on any atom is -0.480 e. The Morgan fingerprint density at radius 2 is 1.70 bits per heavy atom. The minimum atomic E-state index is -1.26. The van der Waals surface area contributed by atoms with Crippen LogP contribution in [0, 0.1) is 5.82 Å². The summed E-state index contributed by atoms with van der Waals surface area (Å²) in [7, 11) is 0. The number of carbonyl (C=O) groups is 2. The lowest BCUT2D eigenvalue weighted by atomic mass is 10.0. The summed E-state index contributed by atoms with van der Waals surface area (Å²) in [5.41, 5.74) is 6.62. The van der Waals surface area contributed by atoms with Gasteiger partial charge in [-0.1, -0.05) is 48.5 Å². The lowest BCUT2D eigenvalue weighted by Crippen LogP contribution is -2.46. The standard InChI is InChI=1S/C17H17FN2O3/c18-13-9-5-4-8-12(13)10-14(17(22)23)20-16(21)15(19)11-6-2-1-3-7-11/h1-9,14-15H,10,19H2,(H,20,21)(H,22,23). The van der Waals surface area contributed by atoms with Gasteiger partial charge in [0, 0.05) is 6.42 Å². The van der Waals surface area contributed by atoms with Crippen molar-refractivity contribution in [3.05, 3.63) is 71.5 Å². The molecule has 2 unspecified atom stereocenters. The summed E-state index contributed by atoms with van der Waals surface area (Å²) in [5, 5.41) is 11.6. The summed E-state index contributed by atoms with van der Waals surface area (Å²) in [4.78, 5) is 23.5. The molecule has 0 aliphatic carbocycles. The Labute approximate surface area is 132 Å². The highest BCUT2D eigenvalue weighted by atomic mass is 19.1. The van der Waals surface area contributed by atoms with Gasteiger partial charge in [-0.15, -0.1) is 0 Å². The second-order valence-corrected chi connectivity index (χ2v) is 5.08. The van der Waals surface area contributed by atoms with Crippen LogP contribution in [0.5, 0.6) is 0 Å². The number of rotatable bonds is 6. The third-order valence-corrected chi connectivity index (χ3v) is 3.44. The Hall–Kier alpha value is -2.73. The predicted octanol–water partition coefficient (Wildman–Crippen LogP) is 1.64. The number of benzene rings is 2. The maximum Gasteiger partial charge on any atom is 0.326 e. The van der Waals surface area contributed by atoms with Crippen LogP contribution in [0.25, 0.3) is 0 Å². The van der Waals surface area contributed by atoms with Crippen LogP contribution < -0.4 is 11.1 Å². The summed E-state index contributed by atoms with van der Waals surface area (Å²) >= 11 is 0. The lowest BCUT2D eigenvalue weighted by Gasteiger charge is -2.18. The molecule has 0 radical (unpaired) electrons. The summed E-state index contributed by atoms with van der Waals surface area (Å²) in [5.74, 6) is -2.39. The first-order valence-electron chi connectivity index (χ1n) is 7.06. The van der Waals surface area contributed by atoms with Gasteiger partial charge in [0.05, 0.1) is 0 Å². The van der Waals surface area contributed by atoms with Crippen LogP contribution in [0.1, 0.15) is 17.2 Å². The summed E-state index contributed by atoms with van der Waals surface area (Å²) in [6.07, 6.45) is -0.157. The molecular formula is C17H17FN2O3. The highest BCUT2D eigenvalue weighted by molar-refractivity contribution is 5.87. The number of aliphatic carboxylic acids is 1. The van der Waals surface area contributed by atoms with Crippen molar-refractivity contribution < 1.29 is 19.1 Å². The Morgan fingerprint density at radius 3 is 2.30 bits per heavy atom. The van der Waals surface area contributed by atoms with E-state index in [1.54, 1.807) is 36.4 Å². The fraction of sp³-hybridized carbons (Fsp3) is 0.176. The number of halogens is 1. The maximum absolute atomic E-state index is 13.6. The van der Waals surface area contributed by atoms with Gasteiger partial charge in [-0.05, 0) is 17.2 Å². The van der Waals surface area contributed by atoms with Gasteiger partial charge < -0.3 is 16.2 Å². The van der Waals surface area contributed by atoms with Crippen molar-refractivity contribution in [3.63, 3.8) is 0 Å². The van der Waals surface area contributed by atoms with E-state index in [9.17, 15) is 19.1 Å². The van der Waals surface area contributed by atoms with E-state index >= 15 is 0 Å². The lowest BCUT2D eigenvalue weighted by molar-refractivity contribution is -0.142.